The standard InChI is InChI=1S/C20H24N4O4/c1-2-18-21-17(22-28-18)11-15-12-23(9-10-27-15)20(26)13-24-16-6-4-3-5-14(16)7-8-19(24)25/h3-6,15H,2,7-13H2,1H3/t15-/m0/s1. The van der Waals surface area contributed by atoms with E-state index in [1.807, 2.05) is 31.2 Å². The quantitative estimate of drug-likeness (QED) is 0.774. The predicted octanol–water partition coefficient (Wildman–Crippen LogP) is 1.38. The third-order valence-corrected chi connectivity index (χ3v) is 5.20. The van der Waals surface area contributed by atoms with Crippen molar-refractivity contribution in [3.05, 3.63) is 41.5 Å². The smallest absolute Gasteiger partial charge is 0.242 e. The second-order valence-electron chi connectivity index (χ2n) is 7.10. The normalized spacial score (nSPS) is 19.6. The van der Waals surface area contributed by atoms with Gasteiger partial charge in [-0.2, -0.15) is 4.98 Å². The number of morpholine rings is 1. The number of nitrogens with zero attached hydrogens (tertiary/aromatic N) is 4. The highest BCUT2D eigenvalue weighted by molar-refractivity contribution is 6.01. The van der Waals surface area contributed by atoms with E-state index in [4.69, 9.17) is 9.26 Å². The molecule has 0 bridgehead atoms. The van der Waals surface area contributed by atoms with Gasteiger partial charge >= 0.3 is 0 Å². The highest BCUT2D eigenvalue weighted by Crippen LogP contribution is 2.27. The van der Waals surface area contributed by atoms with Gasteiger partial charge in [0.2, 0.25) is 17.7 Å². The van der Waals surface area contributed by atoms with Crippen LogP contribution in [-0.2, 0) is 33.6 Å². The first-order valence-electron chi connectivity index (χ1n) is 9.73. The number of ether oxygens (including phenoxy) is 1. The van der Waals surface area contributed by atoms with Gasteiger partial charge in [0, 0.05) is 38.0 Å². The molecule has 2 aromatic rings. The number of rotatable bonds is 5. The molecule has 0 radical (unpaired) electrons. The van der Waals surface area contributed by atoms with Crippen molar-refractivity contribution in [1.82, 2.24) is 15.0 Å². The average Bonchev–Trinajstić information content (AvgIpc) is 3.18. The van der Waals surface area contributed by atoms with E-state index >= 15 is 0 Å². The molecular weight excluding hydrogens is 360 g/mol. The molecular formula is C20H24N4O4. The van der Waals surface area contributed by atoms with Crippen LogP contribution in [0.5, 0.6) is 0 Å². The molecule has 8 nitrogen and oxygen atoms in total. The summed E-state index contributed by atoms with van der Waals surface area (Å²) in [7, 11) is 0. The number of carbonyl (C=O) groups is 2. The Balaban J connectivity index is 1.40. The fourth-order valence-corrected chi connectivity index (χ4v) is 3.69. The minimum Gasteiger partial charge on any atom is -0.374 e. The maximum Gasteiger partial charge on any atom is 0.242 e. The molecule has 3 heterocycles. The van der Waals surface area contributed by atoms with Crippen LogP contribution in [-0.4, -0.2) is 59.2 Å². The Morgan fingerprint density at radius 3 is 2.96 bits per heavy atom. The third kappa shape index (κ3) is 3.91. The monoisotopic (exact) mass is 384 g/mol. The number of amides is 2. The van der Waals surface area contributed by atoms with Crippen LogP contribution in [0.2, 0.25) is 0 Å². The Morgan fingerprint density at radius 2 is 2.14 bits per heavy atom. The lowest BCUT2D eigenvalue weighted by Crippen LogP contribution is -2.51. The molecule has 4 rings (SSSR count). The molecule has 1 aromatic heterocycles. The van der Waals surface area contributed by atoms with Crippen LogP contribution < -0.4 is 4.90 Å². The average molecular weight is 384 g/mol. The zero-order valence-corrected chi connectivity index (χ0v) is 16.0. The molecule has 2 aliphatic rings. The summed E-state index contributed by atoms with van der Waals surface area (Å²) >= 11 is 0. The summed E-state index contributed by atoms with van der Waals surface area (Å²) in [5.74, 6) is 1.12. The van der Waals surface area contributed by atoms with Gasteiger partial charge in [-0.05, 0) is 18.1 Å². The SMILES string of the molecule is CCc1nc(C[C@H]2CN(C(=O)CN3C(=O)CCc4ccccc43)CCO2)no1. The highest BCUT2D eigenvalue weighted by atomic mass is 16.5. The molecule has 0 spiro atoms. The minimum atomic E-state index is -0.177. The van der Waals surface area contributed by atoms with E-state index in [9.17, 15) is 9.59 Å². The highest BCUT2D eigenvalue weighted by Gasteiger charge is 2.30. The van der Waals surface area contributed by atoms with Gasteiger partial charge in [-0.25, -0.2) is 0 Å². The van der Waals surface area contributed by atoms with Crippen LogP contribution in [0.3, 0.4) is 0 Å². The minimum absolute atomic E-state index is 0.00393. The van der Waals surface area contributed by atoms with Gasteiger partial charge in [0.1, 0.15) is 6.54 Å². The Morgan fingerprint density at radius 1 is 1.29 bits per heavy atom. The first-order valence-corrected chi connectivity index (χ1v) is 9.73. The summed E-state index contributed by atoms with van der Waals surface area (Å²) in [4.78, 5) is 33.0. The summed E-state index contributed by atoms with van der Waals surface area (Å²) < 4.78 is 10.9. The summed E-state index contributed by atoms with van der Waals surface area (Å²) in [6, 6.07) is 7.78. The molecule has 1 saturated heterocycles. The first kappa shape index (κ1) is 18.6. The molecule has 1 atom stereocenters. The van der Waals surface area contributed by atoms with E-state index in [2.05, 4.69) is 10.1 Å². The zero-order chi connectivity index (χ0) is 19.5. The Bertz CT molecular complexity index is 865. The van der Waals surface area contributed by atoms with Crippen LogP contribution in [0.15, 0.2) is 28.8 Å². The molecule has 0 aliphatic carbocycles. The number of aryl methyl sites for hydroxylation is 2. The van der Waals surface area contributed by atoms with Crippen LogP contribution in [0.25, 0.3) is 0 Å². The summed E-state index contributed by atoms with van der Waals surface area (Å²) in [5, 5.41) is 3.96. The van der Waals surface area contributed by atoms with E-state index in [0.29, 0.717) is 50.7 Å². The van der Waals surface area contributed by atoms with E-state index in [0.717, 1.165) is 17.7 Å². The van der Waals surface area contributed by atoms with Crippen LogP contribution in [0.1, 0.15) is 30.6 Å². The van der Waals surface area contributed by atoms with Crippen molar-refractivity contribution >= 4 is 17.5 Å². The molecule has 2 amide bonds. The molecule has 148 valence electrons. The lowest BCUT2D eigenvalue weighted by Gasteiger charge is -2.35. The molecule has 8 heteroatoms. The first-order chi connectivity index (χ1) is 13.6. The van der Waals surface area contributed by atoms with Crippen LogP contribution in [0, 0.1) is 0 Å². The maximum absolute atomic E-state index is 12.9. The number of fused-ring (bicyclic) bond motifs is 1. The molecule has 1 aromatic carbocycles. The van der Waals surface area contributed by atoms with Gasteiger partial charge in [-0.15, -0.1) is 0 Å². The second-order valence-corrected chi connectivity index (χ2v) is 7.10. The lowest BCUT2D eigenvalue weighted by atomic mass is 10.0. The number of aromatic nitrogens is 2. The van der Waals surface area contributed by atoms with Crippen molar-refractivity contribution in [2.45, 2.75) is 38.7 Å². The van der Waals surface area contributed by atoms with Gasteiger partial charge in [-0.3, -0.25) is 9.59 Å². The topological polar surface area (TPSA) is 88.8 Å². The maximum atomic E-state index is 12.9. The van der Waals surface area contributed by atoms with E-state index in [-0.39, 0.29) is 24.5 Å². The van der Waals surface area contributed by atoms with Crippen molar-refractivity contribution < 1.29 is 18.8 Å². The number of hydrogen-bond donors (Lipinski definition) is 0. The number of anilines is 1. The summed E-state index contributed by atoms with van der Waals surface area (Å²) in [5.41, 5.74) is 1.95. The Kier molecular flexibility index (Phi) is 5.38. The molecule has 1 fully saturated rings. The van der Waals surface area contributed by atoms with Crippen molar-refractivity contribution in [1.29, 1.82) is 0 Å². The largest absolute Gasteiger partial charge is 0.374 e. The Labute approximate surface area is 163 Å². The number of benzene rings is 1. The van der Waals surface area contributed by atoms with Gasteiger partial charge in [0.25, 0.3) is 0 Å². The van der Waals surface area contributed by atoms with Gasteiger partial charge < -0.3 is 19.1 Å². The van der Waals surface area contributed by atoms with E-state index < -0.39 is 0 Å². The van der Waals surface area contributed by atoms with Crippen molar-refractivity contribution in [3.63, 3.8) is 0 Å². The fourth-order valence-electron chi connectivity index (χ4n) is 3.69. The van der Waals surface area contributed by atoms with Gasteiger partial charge in [0.05, 0.1) is 12.7 Å². The van der Waals surface area contributed by atoms with Gasteiger partial charge in [-0.1, -0.05) is 30.3 Å². The summed E-state index contributed by atoms with van der Waals surface area (Å²) in [6.45, 7) is 3.45. The van der Waals surface area contributed by atoms with Crippen molar-refractivity contribution in [2.75, 3.05) is 31.1 Å². The van der Waals surface area contributed by atoms with Crippen LogP contribution in [0.4, 0.5) is 5.69 Å². The van der Waals surface area contributed by atoms with Crippen molar-refractivity contribution in [2.24, 2.45) is 0 Å². The predicted molar refractivity (Wildman–Crippen MR) is 101 cm³/mol. The summed E-state index contributed by atoms with van der Waals surface area (Å²) in [6.07, 6.45) is 2.18. The molecule has 28 heavy (non-hydrogen) atoms. The fraction of sp³-hybridized carbons (Fsp3) is 0.500. The van der Waals surface area contributed by atoms with E-state index in [1.165, 1.54) is 0 Å². The molecule has 2 aliphatic heterocycles. The zero-order valence-electron chi connectivity index (χ0n) is 16.0. The molecule has 0 N–H and O–H groups in total. The van der Waals surface area contributed by atoms with Gasteiger partial charge in [0.15, 0.2) is 5.82 Å². The molecule has 0 saturated carbocycles. The lowest BCUT2D eigenvalue weighted by molar-refractivity contribution is -0.138. The number of hydrogen-bond acceptors (Lipinski definition) is 6. The number of para-hydroxylation sites is 1. The third-order valence-electron chi connectivity index (χ3n) is 5.20. The van der Waals surface area contributed by atoms with E-state index in [1.54, 1.807) is 9.80 Å². The Hall–Kier alpha value is -2.74. The molecule has 0 unspecified atom stereocenters. The van der Waals surface area contributed by atoms with Crippen molar-refractivity contribution in [3.8, 4) is 0 Å². The number of carbonyl (C=O) groups excluding carboxylic acids is 2. The van der Waals surface area contributed by atoms with Crippen LogP contribution >= 0.6 is 0 Å². The second kappa shape index (κ2) is 8.10.